The normalized spacial score (nSPS) is 13.3. The van der Waals surface area contributed by atoms with Gasteiger partial charge in [-0.25, -0.2) is 0 Å². The predicted molar refractivity (Wildman–Crippen MR) is 448 cm³/mol. The zero-order valence-electron chi connectivity index (χ0n) is 69.5. The minimum atomic E-state index is -4.05. The van der Waals surface area contributed by atoms with E-state index in [0.29, 0.717) is 35.5 Å². The van der Waals surface area contributed by atoms with Gasteiger partial charge in [-0.2, -0.15) is 0 Å². The highest BCUT2D eigenvalue weighted by molar-refractivity contribution is 7.82. The average molecular weight is 1390 g/mol. The molecular weight excluding hydrogens is 1250 g/mol. The molecule has 0 aliphatic heterocycles. The molecule has 4 nitrogen and oxygen atoms in total. The number of hydrogen-bond acceptors (Lipinski definition) is 4. The first-order chi connectivity index (χ1) is 45.4. The summed E-state index contributed by atoms with van der Waals surface area (Å²) in [5.74, 6) is 21.7. The van der Waals surface area contributed by atoms with Crippen molar-refractivity contribution < 1.29 is 0 Å². The molecule has 0 saturated carbocycles. The topological polar surface area (TPSA) is 76.1 Å². The standard InChI is InChI=1S/C90H144N4Si4/c1-49(2)67-37-73(55(13)14)85(74(38-67)56(15)16)95(97(93-91,87-77(59(21)22)41-69(51(5)6)42-78(87)60(23)24)88-79(61(25)26)43-70(52(7)8)44-80(88)62(27)28)96(86-75(57(17)18)39-68(50(3)4)40-76(86)58(19)20)98(94-92,89-81(63(29)30)45-71(53(9)10)46-82(89)64(31)32)90-83(65(33)34)47-72(54(11)12)48-84(90)66(35)36/h37-66,93-94H,91-92H2,1-36H3. The fourth-order valence-corrected chi connectivity index (χ4v) is 71.3. The highest BCUT2D eigenvalue weighted by atomic mass is 29.8. The molecule has 540 valence electrons. The summed E-state index contributed by atoms with van der Waals surface area (Å²) in [6.07, 6.45) is 0. The molecule has 0 atom stereocenters. The van der Waals surface area contributed by atoms with Crippen molar-refractivity contribution in [3.8, 4) is 0 Å². The van der Waals surface area contributed by atoms with E-state index in [1.807, 2.05) is 0 Å². The second-order valence-corrected chi connectivity index (χ2v) is 57.3. The lowest BCUT2D eigenvalue weighted by Gasteiger charge is -2.54. The van der Waals surface area contributed by atoms with Gasteiger partial charge in [-0.3, -0.25) is 21.9 Å². The van der Waals surface area contributed by atoms with Crippen molar-refractivity contribution in [3.63, 3.8) is 0 Å². The van der Waals surface area contributed by atoms with Crippen molar-refractivity contribution in [1.29, 1.82) is 0 Å². The van der Waals surface area contributed by atoms with Gasteiger partial charge in [0.05, 0.1) is 0 Å². The second-order valence-electron chi connectivity index (χ2n) is 35.8. The summed E-state index contributed by atoms with van der Waals surface area (Å²) < 4.78 is 0. The number of nitrogens with two attached hydrogens (primary N) is 2. The summed E-state index contributed by atoms with van der Waals surface area (Å²) in [5, 5.41) is 18.7. The van der Waals surface area contributed by atoms with Crippen molar-refractivity contribution in [2.24, 2.45) is 11.7 Å². The van der Waals surface area contributed by atoms with Gasteiger partial charge < -0.3 is 0 Å². The van der Waals surface area contributed by atoms with Gasteiger partial charge in [0.15, 0.2) is 15.5 Å². The van der Waals surface area contributed by atoms with Crippen LogP contribution < -0.4 is 53.0 Å². The minimum Gasteiger partial charge on any atom is -0.277 e. The van der Waals surface area contributed by atoms with Crippen LogP contribution in [0.1, 0.15) is 456 Å². The Hall–Kier alpha value is -3.97. The second kappa shape index (κ2) is 33.2. The molecule has 0 fully saturated rings. The third-order valence-corrected chi connectivity index (χ3v) is 58.9. The van der Waals surface area contributed by atoms with Crippen molar-refractivity contribution >= 4 is 62.3 Å². The zero-order chi connectivity index (χ0) is 74.3. The first-order valence-corrected chi connectivity index (χ1v) is 49.2. The van der Waals surface area contributed by atoms with Crippen LogP contribution in [-0.4, -0.2) is 31.2 Å². The lowest BCUT2D eigenvalue weighted by Crippen LogP contribution is -2.97. The molecule has 0 saturated heterocycles. The van der Waals surface area contributed by atoms with Gasteiger partial charge in [0.2, 0.25) is 0 Å². The Morgan fingerprint density at radius 2 is 0.306 bits per heavy atom. The van der Waals surface area contributed by atoms with Crippen LogP contribution in [0.4, 0.5) is 0 Å². The van der Waals surface area contributed by atoms with Crippen LogP contribution in [0, 0.1) is 0 Å². The molecule has 6 N–H and O–H groups in total. The first kappa shape index (κ1) is 83.0. The fourth-order valence-electron chi connectivity index (χ4n) is 16.2. The Bertz CT molecular complexity index is 3130. The lowest BCUT2D eigenvalue weighted by atomic mass is 9.89. The van der Waals surface area contributed by atoms with Crippen molar-refractivity contribution in [2.75, 3.05) is 0 Å². The van der Waals surface area contributed by atoms with Gasteiger partial charge in [0.1, 0.15) is 15.7 Å². The number of nitrogens with one attached hydrogen (secondary N) is 2. The van der Waals surface area contributed by atoms with E-state index in [0.717, 1.165) is 0 Å². The molecule has 98 heavy (non-hydrogen) atoms. The molecule has 0 aliphatic carbocycles. The molecule has 0 bridgehead atoms. The highest BCUT2D eigenvalue weighted by Crippen LogP contribution is 2.42. The molecule has 0 heterocycles. The molecule has 0 aliphatic rings. The smallest absolute Gasteiger partial charge is 0.192 e. The largest absolute Gasteiger partial charge is 0.277 e. The number of rotatable bonds is 29. The van der Waals surface area contributed by atoms with Gasteiger partial charge in [0, 0.05) is 0 Å². The monoisotopic (exact) mass is 1390 g/mol. The van der Waals surface area contributed by atoms with Crippen molar-refractivity contribution in [3.05, 3.63) is 173 Å². The fraction of sp³-hybridized carbons (Fsp3) is 0.600. The summed E-state index contributed by atoms with van der Waals surface area (Å²) >= 11 is 0. The molecule has 0 amide bonds. The molecule has 0 unspecified atom stereocenters. The molecule has 2 radical (unpaired) electrons. The van der Waals surface area contributed by atoms with Crippen LogP contribution >= 0.6 is 0 Å². The van der Waals surface area contributed by atoms with E-state index in [4.69, 9.17) is 11.7 Å². The van der Waals surface area contributed by atoms with Crippen LogP contribution in [0.15, 0.2) is 72.8 Å². The lowest BCUT2D eigenvalue weighted by molar-refractivity contribution is 0.805. The van der Waals surface area contributed by atoms with Crippen LogP contribution in [0.5, 0.6) is 0 Å². The maximum absolute atomic E-state index is 8.89. The molecule has 0 aromatic heterocycles. The Kier molecular flexibility index (Phi) is 28.1. The quantitative estimate of drug-likeness (QED) is 0.0214. The maximum Gasteiger partial charge on any atom is 0.192 e. The highest BCUT2D eigenvalue weighted by Gasteiger charge is 2.66. The zero-order valence-corrected chi connectivity index (χ0v) is 73.5. The molecule has 6 aromatic rings. The Morgan fingerprint density at radius 3 is 0.398 bits per heavy atom. The summed E-state index contributed by atoms with van der Waals surface area (Å²) in [4.78, 5) is 0. The Labute approximate surface area is 608 Å². The van der Waals surface area contributed by atoms with Crippen LogP contribution in [0.3, 0.4) is 0 Å². The third-order valence-electron chi connectivity index (χ3n) is 22.2. The molecule has 8 heteroatoms. The van der Waals surface area contributed by atoms with E-state index >= 15 is 0 Å². The molecule has 0 spiro atoms. The maximum atomic E-state index is 8.89. The van der Waals surface area contributed by atoms with Gasteiger partial charge in [-0.15, -0.1) is 0 Å². The van der Waals surface area contributed by atoms with E-state index in [1.54, 1.807) is 31.1 Å². The number of hydrazine groups is 2. The SMILES string of the molecule is CC(C)c1cc(C(C)C)c([Si]([Si](c2c(C(C)C)cc(C(C)C)cc2C(C)C)[Si](NN)(c2c(C(C)C)cc(C(C)C)cc2C(C)C)c2c(C(C)C)cc(C(C)C)cc2C(C)C)[Si](NN)(c2c(C(C)C)cc(C(C)C)cc2C(C)C)c2c(C(C)C)cc(C(C)C)cc2C(C)C)c(C(C)C)c1. The van der Waals surface area contributed by atoms with E-state index in [9.17, 15) is 0 Å². The number of benzene rings is 6. The van der Waals surface area contributed by atoms with Gasteiger partial charge >= 0.3 is 0 Å². The van der Waals surface area contributed by atoms with E-state index in [-0.39, 0.29) is 71.0 Å². The Balaban J connectivity index is 2.53. The van der Waals surface area contributed by atoms with Crippen LogP contribution in [0.25, 0.3) is 0 Å². The summed E-state index contributed by atoms with van der Waals surface area (Å²) in [7, 11) is -13.0. The summed E-state index contributed by atoms with van der Waals surface area (Å²) in [6.45, 7) is 89.8. The third kappa shape index (κ3) is 16.0. The Morgan fingerprint density at radius 1 is 0.194 bits per heavy atom. The predicted octanol–water partition coefficient (Wildman–Crippen LogP) is 21.7. The first-order valence-electron chi connectivity index (χ1n) is 39.2. The van der Waals surface area contributed by atoms with Crippen molar-refractivity contribution in [2.45, 2.75) is 356 Å². The van der Waals surface area contributed by atoms with Crippen LogP contribution in [0.2, 0.25) is 0 Å². The van der Waals surface area contributed by atoms with E-state index in [2.05, 4.69) is 332 Å². The molecular formula is C90H144N4Si4. The van der Waals surface area contributed by atoms with Gasteiger partial charge in [-0.1, -0.05) is 332 Å². The molecule has 6 rings (SSSR count). The summed E-state index contributed by atoms with van der Waals surface area (Å²) in [5.41, 5.74) is 26.3. The average Bonchev–Trinajstić information content (AvgIpc) is 0.677. The van der Waals surface area contributed by atoms with E-state index in [1.165, 1.54) is 100 Å². The molecule has 6 aromatic carbocycles. The minimum absolute atomic E-state index is 0.169. The van der Waals surface area contributed by atoms with Crippen LogP contribution in [-0.2, 0) is 0 Å². The van der Waals surface area contributed by atoms with Gasteiger partial charge in [0.25, 0.3) is 0 Å². The van der Waals surface area contributed by atoms with Crippen molar-refractivity contribution in [1.82, 2.24) is 10.2 Å². The summed E-state index contributed by atoms with van der Waals surface area (Å²) in [6, 6.07) is 32.7. The van der Waals surface area contributed by atoms with E-state index < -0.39 is 31.2 Å². The number of hydrogen-bond donors (Lipinski definition) is 4. The van der Waals surface area contributed by atoms with Gasteiger partial charge in [-0.05, 0) is 227 Å².